The van der Waals surface area contributed by atoms with Crippen molar-refractivity contribution >= 4 is 27.7 Å². The van der Waals surface area contributed by atoms with Crippen LogP contribution < -0.4 is 10.9 Å². The molecule has 3 N–H and O–H groups in total. The fourth-order valence-corrected chi connectivity index (χ4v) is 1.99. The fourth-order valence-electron chi connectivity index (χ4n) is 1.64. The van der Waals surface area contributed by atoms with Crippen molar-refractivity contribution in [3.8, 4) is 0 Å². The van der Waals surface area contributed by atoms with Crippen LogP contribution in [0.1, 0.15) is 33.3 Å². The molecule has 0 fully saturated rings. The molecule has 0 bridgehead atoms. The first-order valence-corrected chi connectivity index (χ1v) is 6.93. The number of hydrogen-bond donors (Lipinski definition) is 3. The van der Waals surface area contributed by atoms with Gasteiger partial charge in [0.15, 0.2) is 0 Å². The summed E-state index contributed by atoms with van der Waals surface area (Å²) in [5.74, 6) is -0.763. The molecule has 2 aromatic rings. The second-order valence-electron chi connectivity index (χ2n) is 4.19. The maximum Gasteiger partial charge on any atom is 0.286 e. The predicted octanol–water partition coefficient (Wildman–Crippen LogP) is 2.41. The van der Waals surface area contributed by atoms with Crippen molar-refractivity contribution in [1.29, 1.82) is 0 Å². The Kier molecular flexibility index (Phi) is 4.57. The highest BCUT2D eigenvalue weighted by Crippen LogP contribution is 2.10. The Morgan fingerprint density at radius 1 is 1.15 bits per heavy atom. The number of aromatic nitrogens is 1. The van der Waals surface area contributed by atoms with E-state index in [1.165, 1.54) is 0 Å². The third-order valence-electron chi connectivity index (χ3n) is 2.81. The number of nitrogens with one attached hydrogen (secondary N) is 3. The van der Waals surface area contributed by atoms with Crippen molar-refractivity contribution in [2.45, 2.75) is 13.3 Å². The number of aromatic amines is 1. The highest BCUT2D eigenvalue weighted by Gasteiger charge is 2.10. The van der Waals surface area contributed by atoms with Crippen LogP contribution in [-0.4, -0.2) is 16.8 Å². The Bertz CT molecular complexity index is 620. The Hall–Kier alpha value is -2.08. The summed E-state index contributed by atoms with van der Waals surface area (Å²) in [6.07, 6.45) is 2.56. The van der Waals surface area contributed by atoms with Gasteiger partial charge in [0.25, 0.3) is 11.8 Å². The number of aryl methyl sites for hydroxylation is 1. The zero-order valence-corrected chi connectivity index (χ0v) is 12.5. The van der Waals surface area contributed by atoms with Gasteiger partial charge in [0.1, 0.15) is 5.69 Å². The third-order valence-corrected chi connectivity index (χ3v) is 3.26. The van der Waals surface area contributed by atoms with Crippen LogP contribution >= 0.6 is 15.9 Å². The Labute approximate surface area is 124 Å². The number of rotatable bonds is 3. The van der Waals surface area contributed by atoms with Gasteiger partial charge >= 0.3 is 0 Å². The molecule has 2 amide bonds. The average Bonchev–Trinajstić information content (AvgIpc) is 2.91. The molecule has 0 saturated carbocycles. The molecule has 0 aliphatic heterocycles. The van der Waals surface area contributed by atoms with Crippen LogP contribution in [0.15, 0.2) is 41.0 Å². The van der Waals surface area contributed by atoms with Crippen molar-refractivity contribution in [2.24, 2.45) is 0 Å². The van der Waals surface area contributed by atoms with Crippen molar-refractivity contribution in [1.82, 2.24) is 15.8 Å². The van der Waals surface area contributed by atoms with Crippen LogP contribution in [0, 0.1) is 0 Å². The van der Waals surface area contributed by atoms with Gasteiger partial charge in [0, 0.05) is 16.2 Å². The molecular formula is C14H14BrN3O2. The minimum atomic E-state index is -0.408. The molecule has 0 unspecified atom stereocenters. The number of hydrogen-bond acceptors (Lipinski definition) is 2. The van der Waals surface area contributed by atoms with Gasteiger partial charge in [-0.05, 0) is 46.1 Å². The number of hydrazine groups is 1. The Morgan fingerprint density at radius 3 is 2.35 bits per heavy atom. The molecule has 0 spiro atoms. The smallest absolute Gasteiger partial charge is 0.286 e. The molecule has 5 nitrogen and oxygen atoms in total. The number of H-pyrrole nitrogens is 1. The van der Waals surface area contributed by atoms with Crippen LogP contribution in [0.25, 0.3) is 0 Å². The summed E-state index contributed by atoms with van der Waals surface area (Å²) in [5.41, 5.74) is 6.73. The van der Waals surface area contributed by atoms with Gasteiger partial charge in [-0.2, -0.15) is 0 Å². The van der Waals surface area contributed by atoms with Crippen LogP contribution in [0.2, 0.25) is 0 Å². The van der Waals surface area contributed by atoms with E-state index < -0.39 is 5.91 Å². The second kappa shape index (κ2) is 6.38. The summed E-state index contributed by atoms with van der Waals surface area (Å²) >= 11 is 3.23. The normalized spacial score (nSPS) is 10.1. The van der Waals surface area contributed by atoms with E-state index in [4.69, 9.17) is 0 Å². The minimum Gasteiger partial charge on any atom is -0.356 e. The maximum atomic E-state index is 11.8. The minimum absolute atomic E-state index is 0.355. The lowest BCUT2D eigenvalue weighted by atomic mass is 10.1. The van der Waals surface area contributed by atoms with E-state index in [-0.39, 0.29) is 5.91 Å². The summed E-state index contributed by atoms with van der Waals surface area (Å²) in [6, 6.07) is 8.85. The molecule has 1 aromatic carbocycles. The largest absolute Gasteiger partial charge is 0.356 e. The first kappa shape index (κ1) is 14.3. The first-order valence-electron chi connectivity index (χ1n) is 6.13. The lowest BCUT2D eigenvalue weighted by Gasteiger charge is -2.06. The average molecular weight is 336 g/mol. The van der Waals surface area contributed by atoms with Crippen LogP contribution in [0.5, 0.6) is 0 Å². The first-order chi connectivity index (χ1) is 9.60. The number of carbonyl (C=O) groups excluding carboxylic acids is 2. The summed E-state index contributed by atoms with van der Waals surface area (Å²) < 4.78 is 0.768. The highest BCUT2D eigenvalue weighted by molar-refractivity contribution is 9.10. The topological polar surface area (TPSA) is 74.0 Å². The zero-order valence-electron chi connectivity index (χ0n) is 10.9. The van der Waals surface area contributed by atoms with E-state index in [0.29, 0.717) is 11.3 Å². The van der Waals surface area contributed by atoms with E-state index in [9.17, 15) is 9.59 Å². The lowest BCUT2D eigenvalue weighted by molar-refractivity contribution is 0.0844. The van der Waals surface area contributed by atoms with Crippen molar-refractivity contribution in [3.05, 3.63) is 57.8 Å². The quantitative estimate of drug-likeness (QED) is 0.753. The number of amides is 2. The summed E-state index contributed by atoms with van der Waals surface area (Å²) in [5, 5.41) is 0. The van der Waals surface area contributed by atoms with Crippen LogP contribution in [0.4, 0.5) is 0 Å². The molecule has 0 saturated heterocycles. The van der Waals surface area contributed by atoms with Crippen LogP contribution in [0.3, 0.4) is 0 Å². The molecule has 6 heteroatoms. The third kappa shape index (κ3) is 3.48. The second-order valence-corrected chi connectivity index (χ2v) is 5.11. The fraction of sp³-hybridized carbons (Fsp3) is 0.143. The van der Waals surface area contributed by atoms with E-state index in [2.05, 4.69) is 31.8 Å². The number of halogens is 1. The van der Waals surface area contributed by atoms with Crippen molar-refractivity contribution in [2.75, 3.05) is 0 Å². The predicted molar refractivity (Wildman–Crippen MR) is 79.2 cm³/mol. The molecule has 2 rings (SSSR count). The zero-order chi connectivity index (χ0) is 14.5. The van der Waals surface area contributed by atoms with Crippen LogP contribution in [-0.2, 0) is 6.42 Å². The molecule has 0 atom stereocenters. The van der Waals surface area contributed by atoms with Gasteiger partial charge in [0.2, 0.25) is 0 Å². The Morgan fingerprint density at radius 2 is 1.80 bits per heavy atom. The van der Waals surface area contributed by atoms with E-state index in [1.807, 2.05) is 19.1 Å². The summed E-state index contributed by atoms with van der Waals surface area (Å²) in [4.78, 5) is 26.3. The number of carbonyl (C=O) groups is 2. The monoisotopic (exact) mass is 335 g/mol. The SMILES string of the molecule is CCc1ccc(C(=O)NNC(=O)c2cc(Br)c[nH]2)cc1. The van der Waals surface area contributed by atoms with Crippen molar-refractivity contribution < 1.29 is 9.59 Å². The molecule has 1 aromatic heterocycles. The highest BCUT2D eigenvalue weighted by atomic mass is 79.9. The Balaban J connectivity index is 1.92. The molecule has 104 valence electrons. The molecule has 0 radical (unpaired) electrons. The van der Waals surface area contributed by atoms with E-state index >= 15 is 0 Å². The molecule has 0 aliphatic carbocycles. The standard InChI is InChI=1S/C14H14BrN3O2/c1-2-9-3-5-10(6-4-9)13(19)17-18-14(20)12-7-11(15)8-16-12/h3-8,16H,2H2,1H3,(H,17,19)(H,18,20). The molecule has 0 aliphatic rings. The van der Waals surface area contributed by atoms with Crippen molar-refractivity contribution in [3.63, 3.8) is 0 Å². The van der Waals surface area contributed by atoms with E-state index in [1.54, 1.807) is 24.4 Å². The van der Waals surface area contributed by atoms with Gasteiger partial charge in [-0.3, -0.25) is 20.4 Å². The summed E-state index contributed by atoms with van der Waals surface area (Å²) in [6.45, 7) is 2.05. The van der Waals surface area contributed by atoms with Gasteiger partial charge in [-0.1, -0.05) is 19.1 Å². The van der Waals surface area contributed by atoms with E-state index in [0.717, 1.165) is 16.5 Å². The molecular weight excluding hydrogens is 322 g/mol. The lowest BCUT2D eigenvalue weighted by Crippen LogP contribution is -2.41. The molecule has 1 heterocycles. The number of benzene rings is 1. The summed E-state index contributed by atoms with van der Waals surface area (Å²) in [7, 11) is 0. The van der Waals surface area contributed by atoms with Gasteiger partial charge in [0.05, 0.1) is 0 Å². The van der Waals surface area contributed by atoms with Gasteiger partial charge < -0.3 is 4.98 Å². The molecule has 20 heavy (non-hydrogen) atoms. The maximum absolute atomic E-state index is 11.8. The van der Waals surface area contributed by atoms with Gasteiger partial charge in [-0.25, -0.2) is 0 Å². The van der Waals surface area contributed by atoms with Gasteiger partial charge in [-0.15, -0.1) is 0 Å².